The van der Waals surface area contributed by atoms with Crippen molar-refractivity contribution in [2.24, 2.45) is 9.98 Å². The third-order valence-electron chi connectivity index (χ3n) is 1.92. The van der Waals surface area contributed by atoms with Gasteiger partial charge in [-0.3, -0.25) is 9.98 Å². The second kappa shape index (κ2) is 11.6. The highest BCUT2D eigenvalue weighted by Gasteiger charge is 2.11. The minimum Gasteiger partial charge on any atom is -0.462 e. The molecule has 0 spiro atoms. The van der Waals surface area contributed by atoms with Crippen LogP contribution >= 0.6 is 0 Å². The zero-order valence-corrected chi connectivity index (χ0v) is 10.5. The summed E-state index contributed by atoms with van der Waals surface area (Å²) in [5.41, 5.74) is 0.271. The second-order valence-corrected chi connectivity index (χ2v) is 3.28. The third-order valence-corrected chi connectivity index (χ3v) is 1.92. The monoisotopic (exact) mass is 254 g/mol. The molecule has 0 heterocycles. The van der Waals surface area contributed by atoms with Gasteiger partial charge in [-0.2, -0.15) is 0 Å². The average molecular weight is 254 g/mol. The molecular formula is C12H18N2O4. The first kappa shape index (κ1) is 16.1. The van der Waals surface area contributed by atoms with Crippen LogP contribution in [0, 0.1) is 0 Å². The van der Waals surface area contributed by atoms with E-state index in [1.807, 2.05) is 0 Å². The van der Waals surface area contributed by atoms with E-state index >= 15 is 0 Å². The molecule has 0 amide bonds. The summed E-state index contributed by atoms with van der Waals surface area (Å²) in [6, 6.07) is 0. The molecule has 0 saturated carbocycles. The second-order valence-electron chi connectivity index (χ2n) is 3.28. The molecule has 0 aliphatic rings. The number of ether oxygens (including phenoxy) is 1. The highest BCUT2D eigenvalue weighted by molar-refractivity contribution is 6.36. The van der Waals surface area contributed by atoms with Gasteiger partial charge in [-0.05, 0) is 32.4 Å². The standard InChI is InChI=1S/C12H18N2O4/c1-2-18-12(17)11(14-8-10-16)5-3-4-6-13-7-9-15/h6,9-10H,2-5,7-8H2,1H3. The summed E-state index contributed by atoms with van der Waals surface area (Å²) in [4.78, 5) is 39.4. The maximum Gasteiger partial charge on any atom is 0.352 e. The Labute approximate surface area is 106 Å². The van der Waals surface area contributed by atoms with Crippen molar-refractivity contribution in [1.29, 1.82) is 0 Å². The molecule has 100 valence electrons. The minimum absolute atomic E-state index is 0.0343. The Bertz CT molecular complexity index is 324. The quantitative estimate of drug-likeness (QED) is 0.248. The molecule has 0 fully saturated rings. The predicted octanol–water partition coefficient (Wildman–Crippen LogP) is 0.629. The number of aliphatic imine (C=N–C) groups is 2. The van der Waals surface area contributed by atoms with Crippen LogP contribution in [0.1, 0.15) is 26.2 Å². The van der Waals surface area contributed by atoms with E-state index in [4.69, 9.17) is 4.74 Å². The summed E-state index contributed by atoms with van der Waals surface area (Å²) in [6.45, 7) is 2.11. The molecular weight excluding hydrogens is 236 g/mol. The summed E-state index contributed by atoms with van der Waals surface area (Å²) in [5, 5.41) is 0. The predicted molar refractivity (Wildman–Crippen MR) is 68.3 cm³/mol. The van der Waals surface area contributed by atoms with Gasteiger partial charge in [0, 0.05) is 0 Å². The van der Waals surface area contributed by atoms with E-state index in [0.717, 1.165) is 0 Å². The largest absolute Gasteiger partial charge is 0.462 e. The van der Waals surface area contributed by atoms with Crippen LogP contribution in [0.3, 0.4) is 0 Å². The van der Waals surface area contributed by atoms with Crippen molar-refractivity contribution in [1.82, 2.24) is 0 Å². The van der Waals surface area contributed by atoms with Gasteiger partial charge in [0.15, 0.2) is 0 Å². The van der Waals surface area contributed by atoms with E-state index in [9.17, 15) is 14.4 Å². The van der Waals surface area contributed by atoms with Crippen LogP contribution in [0.25, 0.3) is 0 Å². The van der Waals surface area contributed by atoms with Crippen molar-refractivity contribution < 1.29 is 19.1 Å². The van der Waals surface area contributed by atoms with E-state index in [0.29, 0.717) is 31.8 Å². The Morgan fingerprint density at radius 1 is 1.22 bits per heavy atom. The van der Waals surface area contributed by atoms with Crippen molar-refractivity contribution in [3.8, 4) is 0 Å². The lowest BCUT2D eigenvalue weighted by atomic mass is 10.1. The number of aldehydes is 2. The molecule has 0 aliphatic heterocycles. The Kier molecular flexibility index (Phi) is 10.4. The fourth-order valence-electron chi connectivity index (χ4n) is 1.18. The zero-order valence-electron chi connectivity index (χ0n) is 10.5. The smallest absolute Gasteiger partial charge is 0.352 e. The van der Waals surface area contributed by atoms with Gasteiger partial charge in [0.1, 0.15) is 18.3 Å². The summed E-state index contributed by atoms with van der Waals surface area (Å²) >= 11 is 0. The van der Waals surface area contributed by atoms with Gasteiger partial charge in [-0.1, -0.05) is 0 Å². The fourth-order valence-corrected chi connectivity index (χ4v) is 1.18. The van der Waals surface area contributed by atoms with E-state index in [1.165, 1.54) is 0 Å². The lowest BCUT2D eigenvalue weighted by Gasteiger charge is -2.04. The first-order valence-electron chi connectivity index (χ1n) is 5.82. The third kappa shape index (κ3) is 8.32. The molecule has 18 heavy (non-hydrogen) atoms. The van der Waals surface area contributed by atoms with E-state index < -0.39 is 5.97 Å². The molecule has 0 N–H and O–H groups in total. The first-order chi connectivity index (χ1) is 8.76. The Morgan fingerprint density at radius 3 is 2.56 bits per heavy atom. The van der Waals surface area contributed by atoms with Gasteiger partial charge in [-0.15, -0.1) is 0 Å². The molecule has 0 aliphatic carbocycles. The van der Waals surface area contributed by atoms with Gasteiger partial charge >= 0.3 is 5.97 Å². The van der Waals surface area contributed by atoms with E-state index in [2.05, 4.69) is 9.98 Å². The molecule has 0 radical (unpaired) electrons. The van der Waals surface area contributed by atoms with Crippen molar-refractivity contribution in [3.63, 3.8) is 0 Å². The molecule has 0 saturated heterocycles. The van der Waals surface area contributed by atoms with Crippen LogP contribution in [0.15, 0.2) is 9.98 Å². The van der Waals surface area contributed by atoms with Gasteiger partial charge < -0.3 is 14.3 Å². The SMILES string of the molecule is CCOC(=O)C(CCCC=NCC=O)=NCC=O. The highest BCUT2D eigenvalue weighted by atomic mass is 16.5. The lowest BCUT2D eigenvalue weighted by molar-refractivity contribution is -0.135. The minimum atomic E-state index is -0.482. The number of esters is 1. The maximum atomic E-state index is 11.5. The van der Waals surface area contributed by atoms with Crippen LogP contribution in [0.5, 0.6) is 0 Å². The number of unbranched alkanes of at least 4 members (excludes halogenated alkanes) is 1. The number of carbonyl (C=O) groups excluding carboxylic acids is 3. The molecule has 0 rings (SSSR count). The number of carbonyl (C=O) groups is 3. The van der Waals surface area contributed by atoms with Crippen LogP contribution < -0.4 is 0 Å². The Hall–Kier alpha value is -1.85. The van der Waals surface area contributed by atoms with Gasteiger partial charge in [0.05, 0.1) is 19.7 Å². The molecule has 0 aromatic rings. The molecule has 0 aromatic carbocycles. The van der Waals surface area contributed by atoms with Crippen LogP contribution in [-0.2, 0) is 19.1 Å². The summed E-state index contributed by atoms with van der Waals surface area (Å²) in [5.74, 6) is -0.482. The topological polar surface area (TPSA) is 85.2 Å². The van der Waals surface area contributed by atoms with Crippen LogP contribution in [0.2, 0.25) is 0 Å². The molecule has 0 aromatic heterocycles. The Balaban J connectivity index is 4.12. The number of hydrogen-bond donors (Lipinski definition) is 0. The molecule has 0 atom stereocenters. The van der Waals surface area contributed by atoms with Crippen LogP contribution in [-0.4, -0.2) is 50.2 Å². The highest BCUT2D eigenvalue weighted by Crippen LogP contribution is 1.99. The van der Waals surface area contributed by atoms with Crippen molar-refractivity contribution in [2.75, 3.05) is 19.7 Å². The van der Waals surface area contributed by atoms with Crippen LogP contribution in [0.4, 0.5) is 0 Å². The van der Waals surface area contributed by atoms with Crippen molar-refractivity contribution in [2.45, 2.75) is 26.2 Å². The van der Waals surface area contributed by atoms with Gasteiger partial charge in [-0.25, -0.2) is 4.79 Å². The number of nitrogens with zero attached hydrogens (tertiary/aromatic N) is 2. The van der Waals surface area contributed by atoms with Crippen molar-refractivity contribution >= 4 is 30.5 Å². The van der Waals surface area contributed by atoms with E-state index in [1.54, 1.807) is 13.1 Å². The van der Waals surface area contributed by atoms with Gasteiger partial charge in [0.2, 0.25) is 0 Å². The lowest BCUT2D eigenvalue weighted by Crippen LogP contribution is -2.18. The zero-order chi connectivity index (χ0) is 13.6. The molecule has 0 bridgehead atoms. The summed E-state index contributed by atoms with van der Waals surface area (Å²) in [6.07, 6.45) is 4.72. The maximum absolute atomic E-state index is 11.5. The van der Waals surface area contributed by atoms with Crippen molar-refractivity contribution in [3.05, 3.63) is 0 Å². The number of hydrogen-bond acceptors (Lipinski definition) is 6. The Morgan fingerprint density at radius 2 is 1.94 bits per heavy atom. The molecule has 6 nitrogen and oxygen atoms in total. The number of rotatable bonds is 10. The molecule has 6 heteroatoms. The normalized spacial score (nSPS) is 11.5. The summed E-state index contributed by atoms with van der Waals surface area (Å²) < 4.78 is 4.83. The van der Waals surface area contributed by atoms with E-state index in [-0.39, 0.29) is 25.4 Å². The summed E-state index contributed by atoms with van der Waals surface area (Å²) in [7, 11) is 0. The first-order valence-corrected chi connectivity index (χ1v) is 5.82. The fraction of sp³-hybridized carbons (Fsp3) is 0.583. The average Bonchev–Trinajstić information content (AvgIpc) is 2.37. The molecule has 0 unspecified atom stereocenters. The van der Waals surface area contributed by atoms with Gasteiger partial charge in [0.25, 0.3) is 0 Å².